The summed E-state index contributed by atoms with van der Waals surface area (Å²) in [4.78, 5) is 3.47. The van der Waals surface area contributed by atoms with Crippen LogP contribution in [0.1, 0.15) is 17.7 Å². The van der Waals surface area contributed by atoms with Gasteiger partial charge in [0.25, 0.3) is 0 Å². The molecule has 1 atom stereocenters. The predicted molar refractivity (Wildman–Crippen MR) is 78.3 cm³/mol. The number of sulfone groups is 1. The highest BCUT2D eigenvalue weighted by Gasteiger charge is 2.20. The lowest BCUT2D eigenvalue weighted by Crippen LogP contribution is -2.35. The second-order valence-corrected chi connectivity index (χ2v) is 8.37. The fourth-order valence-electron chi connectivity index (χ4n) is 2.23. The van der Waals surface area contributed by atoms with E-state index >= 15 is 0 Å². The van der Waals surface area contributed by atoms with Crippen molar-refractivity contribution in [3.05, 3.63) is 22.4 Å². The van der Waals surface area contributed by atoms with Gasteiger partial charge in [-0.05, 0) is 24.3 Å². The van der Waals surface area contributed by atoms with E-state index in [1.165, 1.54) is 11.1 Å². The molecule has 19 heavy (non-hydrogen) atoms. The summed E-state index contributed by atoms with van der Waals surface area (Å²) in [5.41, 5.74) is 0. The Morgan fingerprint density at radius 3 is 2.95 bits per heavy atom. The molecule has 0 N–H and O–H groups in total. The summed E-state index contributed by atoms with van der Waals surface area (Å²) in [6.45, 7) is 3.06. The number of thiophene rings is 1. The summed E-state index contributed by atoms with van der Waals surface area (Å²) in [7, 11) is -2.91. The fraction of sp³-hybridized carbons (Fsp3) is 0.692. The largest absolute Gasteiger partial charge is 0.377 e. The Balaban J connectivity index is 1.91. The smallest absolute Gasteiger partial charge is 0.148 e. The fourth-order valence-corrected chi connectivity index (χ4v) is 3.57. The van der Waals surface area contributed by atoms with Crippen molar-refractivity contribution in [3.63, 3.8) is 0 Å². The van der Waals surface area contributed by atoms with Crippen molar-refractivity contribution >= 4 is 21.2 Å². The van der Waals surface area contributed by atoms with Gasteiger partial charge in [0, 0.05) is 37.4 Å². The van der Waals surface area contributed by atoms with Gasteiger partial charge in [-0.3, -0.25) is 4.90 Å². The van der Waals surface area contributed by atoms with E-state index in [2.05, 4.69) is 16.3 Å². The van der Waals surface area contributed by atoms with Crippen molar-refractivity contribution in [3.8, 4) is 0 Å². The third kappa shape index (κ3) is 5.60. The monoisotopic (exact) mass is 303 g/mol. The summed E-state index contributed by atoms with van der Waals surface area (Å²) in [6.07, 6.45) is 3.76. The van der Waals surface area contributed by atoms with E-state index < -0.39 is 9.84 Å². The molecule has 0 aliphatic carbocycles. The topological polar surface area (TPSA) is 46.6 Å². The molecular weight excluding hydrogens is 282 g/mol. The van der Waals surface area contributed by atoms with E-state index in [0.717, 1.165) is 32.5 Å². The van der Waals surface area contributed by atoms with Gasteiger partial charge in [-0.15, -0.1) is 11.3 Å². The van der Waals surface area contributed by atoms with Gasteiger partial charge >= 0.3 is 0 Å². The average Bonchev–Trinajstić information content (AvgIpc) is 2.97. The maximum Gasteiger partial charge on any atom is 0.148 e. The number of nitrogens with zero attached hydrogens (tertiary/aromatic N) is 1. The summed E-state index contributed by atoms with van der Waals surface area (Å²) in [6, 6.07) is 4.12. The lowest BCUT2D eigenvalue weighted by Gasteiger charge is -2.24. The molecule has 6 heteroatoms. The molecule has 0 bridgehead atoms. The summed E-state index contributed by atoms with van der Waals surface area (Å²) in [5.74, 6) is 0.213. The molecule has 0 spiro atoms. The van der Waals surface area contributed by atoms with E-state index in [-0.39, 0.29) is 11.9 Å². The highest BCUT2D eigenvalue weighted by atomic mass is 32.2. The van der Waals surface area contributed by atoms with Crippen LogP contribution in [0, 0.1) is 0 Å². The van der Waals surface area contributed by atoms with Crippen molar-refractivity contribution in [1.29, 1.82) is 0 Å². The van der Waals surface area contributed by atoms with Gasteiger partial charge in [0.2, 0.25) is 0 Å². The summed E-state index contributed by atoms with van der Waals surface area (Å²) in [5, 5.41) is 2.05. The second-order valence-electron chi connectivity index (χ2n) is 5.08. The van der Waals surface area contributed by atoms with E-state index in [4.69, 9.17) is 4.74 Å². The zero-order chi connectivity index (χ0) is 13.7. The van der Waals surface area contributed by atoms with Crippen LogP contribution < -0.4 is 0 Å². The van der Waals surface area contributed by atoms with E-state index in [0.29, 0.717) is 6.54 Å². The van der Waals surface area contributed by atoms with Crippen molar-refractivity contribution in [2.45, 2.75) is 25.5 Å². The Hall–Kier alpha value is -0.430. The number of ether oxygens (including phenoxy) is 1. The maximum atomic E-state index is 11.3. The summed E-state index contributed by atoms with van der Waals surface area (Å²) < 4.78 is 28.3. The molecule has 0 saturated carbocycles. The lowest BCUT2D eigenvalue weighted by molar-refractivity contribution is 0.0730. The Kier molecular flexibility index (Phi) is 5.38. The highest BCUT2D eigenvalue weighted by molar-refractivity contribution is 7.90. The first kappa shape index (κ1) is 15.0. The maximum absolute atomic E-state index is 11.3. The van der Waals surface area contributed by atoms with Crippen molar-refractivity contribution < 1.29 is 13.2 Å². The second kappa shape index (κ2) is 6.83. The Morgan fingerprint density at radius 2 is 2.37 bits per heavy atom. The molecule has 1 aromatic heterocycles. The van der Waals surface area contributed by atoms with E-state index in [9.17, 15) is 8.42 Å². The van der Waals surface area contributed by atoms with Crippen LogP contribution in [-0.4, -0.2) is 51.1 Å². The Morgan fingerprint density at radius 1 is 1.53 bits per heavy atom. The Bertz CT molecular complexity index is 464. The highest BCUT2D eigenvalue weighted by Crippen LogP contribution is 2.17. The normalized spacial score (nSPS) is 20.2. The molecule has 1 fully saturated rings. The number of rotatable bonds is 7. The molecule has 1 aromatic rings. The molecule has 2 heterocycles. The molecule has 0 amide bonds. The number of hydrogen-bond acceptors (Lipinski definition) is 5. The minimum absolute atomic E-state index is 0.213. The zero-order valence-corrected chi connectivity index (χ0v) is 12.9. The van der Waals surface area contributed by atoms with Gasteiger partial charge in [0.15, 0.2) is 0 Å². The molecule has 108 valence electrons. The molecule has 1 unspecified atom stereocenters. The molecule has 0 radical (unpaired) electrons. The van der Waals surface area contributed by atoms with Crippen LogP contribution in [0.4, 0.5) is 0 Å². The van der Waals surface area contributed by atoms with Crippen molar-refractivity contribution in [2.75, 3.05) is 31.7 Å². The van der Waals surface area contributed by atoms with E-state index in [1.807, 2.05) is 6.07 Å². The van der Waals surface area contributed by atoms with Gasteiger partial charge in [0.1, 0.15) is 9.84 Å². The van der Waals surface area contributed by atoms with Gasteiger partial charge in [-0.1, -0.05) is 6.07 Å². The summed E-state index contributed by atoms with van der Waals surface area (Å²) >= 11 is 1.71. The minimum atomic E-state index is -2.91. The molecule has 0 aromatic carbocycles. The van der Waals surface area contributed by atoms with Gasteiger partial charge < -0.3 is 4.74 Å². The standard InChI is InChI=1S/C13H21NO3S2/c1-19(15,16)9-6-14(10-12-4-2-7-17-12)11-13-5-3-8-18-13/h3,5,8,12H,2,4,6-7,9-11H2,1H3. The van der Waals surface area contributed by atoms with Gasteiger partial charge in [-0.25, -0.2) is 8.42 Å². The predicted octanol–water partition coefficient (Wildman–Crippen LogP) is 1.77. The van der Waals surface area contributed by atoms with Gasteiger partial charge in [0.05, 0.1) is 11.9 Å². The molecule has 2 rings (SSSR count). The van der Waals surface area contributed by atoms with Crippen LogP contribution >= 0.6 is 11.3 Å². The number of hydrogen-bond donors (Lipinski definition) is 0. The van der Waals surface area contributed by atoms with E-state index in [1.54, 1.807) is 11.3 Å². The third-order valence-electron chi connectivity index (χ3n) is 3.22. The molecule has 1 saturated heterocycles. The minimum Gasteiger partial charge on any atom is -0.377 e. The molecule has 1 aliphatic rings. The third-order valence-corrected chi connectivity index (χ3v) is 5.01. The van der Waals surface area contributed by atoms with Gasteiger partial charge in [-0.2, -0.15) is 0 Å². The van der Waals surface area contributed by atoms with Crippen LogP contribution in [0.25, 0.3) is 0 Å². The average molecular weight is 303 g/mol. The zero-order valence-electron chi connectivity index (χ0n) is 11.2. The van der Waals surface area contributed by atoms with Crippen molar-refractivity contribution in [1.82, 2.24) is 4.90 Å². The van der Waals surface area contributed by atoms with Crippen LogP contribution in [0.2, 0.25) is 0 Å². The Labute approximate surface area is 119 Å². The quantitative estimate of drug-likeness (QED) is 0.770. The van der Waals surface area contributed by atoms with Crippen LogP contribution in [0.15, 0.2) is 17.5 Å². The lowest BCUT2D eigenvalue weighted by atomic mass is 10.2. The van der Waals surface area contributed by atoms with Crippen LogP contribution in [-0.2, 0) is 21.1 Å². The first-order valence-electron chi connectivity index (χ1n) is 6.57. The van der Waals surface area contributed by atoms with Crippen molar-refractivity contribution in [2.24, 2.45) is 0 Å². The molecule has 1 aliphatic heterocycles. The first-order chi connectivity index (χ1) is 9.03. The molecular formula is C13H21NO3S2. The van der Waals surface area contributed by atoms with Crippen LogP contribution in [0.3, 0.4) is 0 Å². The van der Waals surface area contributed by atoms with Crippen LogP contribution in [0.5, 0.6) is 0 Å². The molecule has 4 nitrogen and oxygen atoms in total. The SMILES string of the molecule is CS(=O)(=O)CCN(Cc1cccs1)CC1CCCO1. The first-order valence-corrected chi connectivity index (χ1v) is 9.51.